The van der Waals surface area contributed by atoms with Crippen LogP contribution in [0.5, 0.6) is 0 Å². The fraction of sp³-hybridized carbons (Fsp3) is 0.621. The summed E-state index contributed by atoms with van der Waals surface area (Å²) in [6.07, 6.45) is 8.73. The number of hydrogen-bond acceptors (Lipinski definition) is 4. The molecule has 1 aromatic carbocycles. The van der Waals surface area contributed by atoms with Crippen molar-refractivity contribution in [1.82, 2.24) is 0 Å². The summed E-state index contributed by atoms with van der Waals surface area (Å²) < 4.78 is 5.61. The number of aliphatic hydroxyl groups is 1. The van der Waals surface area contributed by atoms with Crippen molar-refractivity contribution >= 4 is 23.1 Å². The number of carbonyl (C=O) groups is 1. The molecular weight excluding hydrogens is 428 g/mol. The Labute approximate surface area is 202 Å². The van der Waals surface area contributed by atoms with Crippen molar-refractivity contribution in [1.29, 1.82) is 0 Å². The highest BCUT2D eigenvalue weighted by atomic mass is 32.2. The van der Waals surface area contributed by atoms with Crippen LogP contribution in [0.2, 0.25) is 0 Å². The number of carbonyl (C=O) groups excluding carboxylic acids is 1. The predicted octanol–water partition coefficient (Wildman–Crippen LogP) is 6.16. The van der Waals surface area contributed by atoms with Gasteiger partial charge >= 0.3 is 0 Å². The summed E-state index contributed by atoms with van der Waals surface area (Å²) in [5.74, 6) is 2.37. The first-order valence-corrected chi connectivity index (χ1v) is 13.5. The zero-order valence-corrected chi connectivity index (χ0v) is 21.0. The van der Waals surface area contributed by atoms with Crippen molar-refractivity contribution in [3.63, 3.8) is 0 Å². The highest BCUT2D eigenvalue weighted by Gasteiger charge is 2.68. The number of hydrogen-bond donors (Lipinski definition) is 1. The molecular formula is C29H36O3S. The summed E-state index contributed by atoms with van der Waals surface area (Å²) in [5, 5.41) is 11.9. The normalized spacial score (nSPS) is 43.2. The molecule has 1 spiro atoms. The molecule has 4 aliphatic carbocycles. The van der Waals surface area contributed by atoms with E-state index in [0.717, 1.165) is 44.1 Å². The van der Waals surface area contributed by atoms with E-state index in [-0.39, 0.29) is 10.2 Å². The van der Waals surface area contributed by atoms with E-state index in [1.54, 1.807) is 7.11 Å². The standard InChI is InChI=1S/C29H36O3S/c1-17(2)18-5-7-21-23-15-27(3)24(10-11-28(27,31)16-32-4)22-8-6-19-14-20(30)9-12-29(19,26(22)23)33-25(21)13-18/h5,7,13-14,22-24,26,31H,1,6,8-12,15-16H2,2-4H3/t22-,23+,24-,26+,27-,28+,29+/m0/s1. The molecule has 0 unspecified atom stereocenters. The molecule has 3 nitrogen and oxygen atoms in total. The third kappa shape index (κ3) is 2.87. The third-order valence-electron chi connectivity index (χ3n) is 10.3. The molecule has 1 aromatic rings. The van der Waals surface area contributed by atoms with E-state index in [2.05, 4.69) is 50.4 Å². The first-order valence-electron chi connectivity index (χ1n) is 12.7. The summed E-state index contributed by atoms with van der Waals surface area (Å²) in [4.78, 5) is 13.8. The first kappa shape index (κ1) is 22.1. The summed E-state index contributed by atoms with van der Waals surface area (Å²) in [6.45, 7) is 9.04. The van der Waals surface area contributed by atoms with Gasteiger partial charge in [0.05, 0.1) is 12.2 Å². The van der Waals surface area contributed by atoms with Gasteiger partial charge in [0, 0.05) is 28.6 Å². The lowest BCUT2D eigenvalue weighted by atomic mass is 9.46. The van der Waals surface area contributed by atoms with Crippen LogP contribution in [0.25, 0.3) is 5.57 Å². The molecule has 0 bridgehead atoms. The minimum Gasteiger partial charge on any atom is -0.387 e. The molecule has 3 saturated carbocycles. The van der Waals surface area contributed by atoms with E-state index in [4.69, 9.17) is 4.74 Å². The van der Waals surface area contributed by atoms with Crippen LogP contribution in [0.15, 0.2) is 41.3 Å². The van der Waals surface area contributed by atoms with Gasteiger partial charge in [-0.25, -0.2) is 0 Å². The van der Waals surface area contributed by atoms with Crippen LogP contribution in [-0.2, 0) is 9.53 Å². The van der Waals surface area contributed by atoms with Crippen molar-refractivity contribution in [3.8, 4) is 0 Å². The average molecular weight is 465 g/mol. The lowest BCUT2D eigenvalue weighted by Gasteiger charge is -2.64. The number of benzene rings is 1. The molecule has 33 heavy (non-hydrogen) atoms. The second-order valence-electron chi connectivity index (χ2n) is 11.7. The van der Waals surface area contributed by atoms with Crippen molar-refractivity contribution in [3.05, 3.63) is 47.6 Å². The maximum atomic E-state index is 12.5. The summed E-state index contributed by atoms with van der Waals surface area (Å²) in [5.41, 5.74) is 4.25. The van der Waals surface area contributed by atoms with E-state index in [1.807, 2.05) is 6.08 Å². The monoisotopic (exact) mass is 464 g/mol. The Morgan fingerprint density at radius 3 is 2.85 bits per heavy atom. The Kier molecular flexibility index (Phi) is 4.91. The largest absolute Gasteiger partial charge is 0.387 e. The fourth-order valence-electron chi connectivity index (χ4n) is 8.75. The fourth-order valence-corrected chi connectivity index (χ4v) is 10.6. The van der Waals surface area contributed by atoms with Crippen LogP contribution < -0.4 is 0 Å². The number of methoxy groups -OCH3 is 1. The molecule has 1 aliphatic heterocycles. The third-order valence-corrected chi connectivity index (χ3v) is 12.0. The zero-order valence-electron chi connectivity index (χ0n) is 20.2. The molecule has 5 aliphatic rings. The van der Waals surface area contributed by atoms with E-state index in [1.165, 1.54) is 21.6 Å². The number of thioether (sulfide) groups is 1. The molecule has 0 amide bonds. The number of ketones is 1. The van der Waals surface area contributed by atoms with Gasteiger partial charge in [-0.05, 0) is 98.0 Å². The second kappa shape index (κ2) is 7.32. The van der Waals surface area contributed by atoms with E-state index in [9.17, 15) is 9.90 Å². The quantitative estimate of drug-likeness (QED) is 0.582. The van der Waals surface area contributed by atoms with Gasteiger partial charge in [-0.2, -0.15) is 0 Å². The average Bonchev–Trinajstić information content (AvgIpc) is 3.04. The molecule has 176 valence electrons. The lowest BCUT2D eigenvalue weighted by molar-refractivity contribution is -0.149. The van der Waals surface area contributed by atoms with Gasteiger partial charge < -0.3 is 9.84 Å². The molecule has 6 rings (SSSR count). The minimum absolute atomic E-state index is 0.0332. The topological polar surface area (TPSA) is 46.5 Å². The second-order valence-corrected chi connectivity index (χ2v) is 13.1. The summed E-state index contributed by atoms with van der Waals surface area (Å²) in [7, 11) is 1.72. The lowest BCUT2D eigenvalue weighted by Crippen LogP contribution is -2.61. The molecule has 1 N–H and O–H groups in total. The van der Waals surface area contributed by atoms with E-state index < -0.39 is 5.60 Å². The maximum absolute atomic E-state index is 12.5. The Bertz CT molecular complexity index is 1070. The molecule has 4 heteroatoms. The highest BCUT2D eigenvalue weighted by Crippen LogP contribution is 2.73. The minimum atomic E-state index is -0.758. The molecule has 1 heterocycles. The van der Waals surface area contributed by atoms with Gasteiger partial charge in [-0.15, -0.1) is 11.8 Å². The van der Waals surface area contributed by atoms with Crippen LogP contribution in [0.3, 0.4) is 0 Å². The van der Waals surface area contributed by atoms with Crippen molar-refractivity contribution in [2.45, 2.75) is 80.0 Å². The smallest absolute Gasteiger partial charge is 0.155 e. The summed E-state index contributed by atoms with van der Waals surface area (Å²) >= 11 is 2.06. The Hall–Kier alpha value is -1.36. The Morgan fingerprint density at radius 1 is 1.27 bits per heavy atom. The molecule has 7 atom stereocenters. The van der Waals surface area contributed by atoms with Gasteiger partial charge in [0.15, 0.2) is 5.78 Å². The maximum Gasteiger partial charge on any atom is 0.155 e. The van der Waals surface area contributed by atoms with Gasteiger partial charge in [-0.1, -0.05) is 31.2 Å². The SMILES string of the molecule is C=C(C)c1ccc2c(c1)S[C@]13CCC(=O)C=C1CC[C@@H]1[C@@H]3[C@@H]2C[C@@]2(C)[C@H]1CC[C@@]2(O)COC. The van der Waals surface area contributed by atoms with Crippen LogP contribution in [-0.4, -0.2) is 35.0 Å². The van der Waals surface area contributed by atoms with Crippen LogP contribution in [0, 0.1) is 23.2 Å². The number of allylic oxidation sites excluding steroid dienone is 1. The van der Waals surface area contributed by atoms with Gasteiger partial charge in [0.1, 0.15) is 0 Å². The van der Waals surface area contributed by atoms with Crippen molar-refractivity contribution in [2.75, 3.05) is 13.7 Å². The van der Waals surface area contributed by atoms with Crippen LogP contribution >= 0.6 is 11.8 Å². The van der Waals surface area contributed by atoms with Gasteiger partial charge in [0.2, 0.25) is 0 Å². The van der Waals surface area contributed by atoms with Crippen LogP contribution in [0.1, 0.15) is 75.8 Å². The zero-order chi connectivity index (χ0) is 23.2. The Morgan fingerprint density at radius 2 is 2.09 bits per heavy atom. The first-order chi connectivity index (χ1) is 15.7. The number of rotatable bonds is 3. The molecule has 3 fully saturated rings. The van der Waals surface area contributed by atoms with Crippen molar-refractivity contribution < 1.29 is 14.6 Å². The summed E-state index contributed by atoms with van der Waals surface area (Å²) in [6, 6.07) is 6.93. The van der Waals surface area contributed by atoms with E-state index in [0.29, 0.717) is 42.5 Å². The van der Waals surface area contributed by atoms with Gasteiger partial charge in [-0.3, -0.25) is 4.79 Å². The number of ether oxygens (including phenoxy) is 1. The molecule has 0 saturated heterocycles. The molecule has 0 radical (unpaired) electrons. The van der Waals surface area contributed by atoms with Gasteiger partial charge in [0.25, 0.3) is 0 Å². The predicted molar refractivity (Wildman–Crippen MR) is 133 cm³/mol. The highest BCUT2D eigenvalue weighted by molar-refractivity contribution is 8.01. The van der Waals surface area contributed by atoms with Crippen LogP contribution in [0.4, 0.5) is 0 Å². The number of fused-ring (bicyclic) bond motifs is 4. The van der Waals surface area contributed by atoms with E-state index >= 15 is 0 Å². The molecule has 0 aromatic heterocycles. The van der Waals surface area contributed by atoms with Crippen molar-refractivity contribution in [2.24, 2.45) is 23.2 Å². The Balaban J connectivity index is 1.54.